The summed E-state index contributed by atoms with van der Waals surface area (Å²) in [5.41, 5.74) is 13.0. The second-order valence-electron chi connectivity index (χ2n) is 12.6. The highest BCUT2D eigenvalue weighted by atomic mass is 16.3. The smallest absolute Gasteiger partial charge is 0.293 e. The Bertz CT molecular complexity index is 1730. The fourth-order valence-electron chi connectivity index (χ4n) is 5.59. The maximum absolute atomic E-state index is 13.1. The van der Waals surface area contributed by atoms with Crippen molar-refractivity contribution < 1.29 is 9.90 Å². The lowest BCUT2D eigenvalue weighted by atomic mass is 9.86. The van der Waals surface area contributed by atoms with E-state index in [4.69, 9.17) is 10.7 Å². The molecule has 45 heavy (non-hydrogen) atoms. The minimum absolute atomic E-state index is 0.00391. The maximum atomic E-state index is 13.1. The van der Waals surface area contributed by atoms with Gasteiger partial charge in [-0.3, -0.25) is 14.5 Å². The summed E-state index contributed by atoms with van der Waals surface area (Å²) in [7, 11) is 1.69. The van der Waals surface area contributed by atoms with E-state index in [9.17, 15) is 14.7 Å². The number of β-amino-alcohol motifs (C(OH)–C–C–N with tert-alkyl or cyclic N) is 1. The zero-order valence-electron chi connectivity index (χ0n) is 26.7. The highest BCUT2D eigenvalue weighted by molar-refractivity contribution is 6.05. The number of nitrogens with two attached hydrogens (primary N) is 1. The molecular formula is C35H43N7O3. The van der Waals surface area contributed by atoms with Crippen LogP contribution in [-0.4, -0.2) is 64.8 Å². The van der Waals surface area contributed by atoms with Crippen LogP contribution in [0, 0.1) is 6.92 Å². The van der Waals surface area contributed by atoms with Gasteiger partial charge in [-0.05, 0) is 59.9 Å². The lowest BCUT2D eigenvalue weighted by Crippen LogP contribution is -2.47. The molecule has 236 valence electrons. The molecule has 10 heteroatoms. The summed E-state index contributed by atoms with van der Waals surface area (Å²) in [4.78, 5) is 35.4. The van der Waals surface area contributed by atoms with Crippen molar-refractivity contribution in [2.75, 3.05) is 60.6 Å². The topological polar surface area (TPSA) is 129 Å². The van der Waals surface area contributed by atoms with E-state index in [0.29, 0.717) is 34.9 Å². The van der Waals surface area contributed by atoms with E-state index in [1.165, 1.54) is 4.57 Å². The Balaban J connectivity index is 1.35. The molecule has 1 saturated heterocycles. The first-order valence-corrected chi connectivity index (χ1v) is 15.3. The van der Waals surface area contributed by atoms with Crippen LogP contribution in [0.4, 0.5) is 28.6 Å². The van der Waals surface area contributed by atoms with Crippen molar-refractivity contribution in [3.63, 3.8) is 0 Å². The molecule has 1 amide bonds. The zero-order chi connectivity index (χ0) is 32.3. The van der Waals surface area contributed by atoms with Crippen LogP contribution in [-0.2, 0) is 12.5 Å². The monoisotopic (exact) mass is 609 g/mol. The molecule has 0 unspecified atom stereocenters. The SMILES string of the molecule is Cc1c(NC(=O)c2ccc(C(C)(C)C)cc2)cccc1-c1cn(C)c(=O)c(Nc2ccc(N3CCN(CCO)CC3)c(N)c2)n1. The fourth-order valence-corrected chi connectivity index (χ4v) is 5.59. The number of benzene rings is 3. The molecule has 0 aliphatic carbocycles. The Hall–Kier alpha value is -4.67. The minimum atomic E-state index is -0.276. The third kappa shape index (κ3) is 7.19. The first-order chi connectivity index (χ1) is 21.4. The molecule has 4 aromatic rings. The van der Waals surface area contributed by atoms with Crippen LogP contribution in [0.1, 0.15) is 42.3 Å². The van der Waals surface area contributed by atoms with E-state index in [2.05, 4.69) is 41.2 Å². The number of nitrogens with one attached hydrogen (secondary N) is 2. The number of nitrogens with zero attached hydrogens (tertiary/aromatic N) is 4. The van der Waals surface area contributed by atoms with E-state index in [1.54, 1.807) is 13.2 Å². The number of nitrogen functional groups attached to an aromatic ring is 1. The zero-order valence-corrected chi connectivity index (χ0v) is 26.7. The number of aliphatic hydroxyl groups is 1. The molecule has 5 rings (SSSR count). The quantitative estimate of drug-likeness (QED) is 0.211. The summed E-state index contributed by atoms with van der Waals surface area (Å²) in [5.74, 6) is -0.0212. The summed E-state index contributed by atoms with van der Waals surface area (Å²) in [6.45, 7) is 12.6. The summed E-state index contributed by atoms with van der Waals surface area (Å²) < 4.78 is 1.50. The van der Waals surface area contributed by atoms with Gasteiger partial charge in [0.2, 0.25) is 0 Å². The molecule has 5 N–H and O–H groups in total. The van der Waals surface area contributed by atoms with Gasteiger partial charge in [0.1, 0.15) is 0 Å². The molecule has 0 saturated carbocycles. The predicted octanol–water partition coefficient (Wildman–Crippen LogP) is 4.75. The highest BCUT2D eigenvalue weighted by Crippen LogP contribution is 2.31. The normalized spacial score (nSPS) is 14.0. The van der Waals surface area contributed by atoms with Gasteiger partial charge in [-0.1, -0.05) is 45.0 Å². The van der Waals surface area contributed by atoms with Gasteiger partial charge in [-0.15, -0.1) is 0 Å². The summed E-state index contributed by atoms with van der Waals surface area (Å²) in [6.07, 6.45) is 1.70. The number of hydrogen-bond donors (Lipinski definition) is 4. The molecule has 1 aliphatic heterocycles. The Kier molecular flexibility index (Phi) is 9.27. The molecular weight excluding hydrogens is 566 g/mol. The maximum Gasteiger partial charge on any atom is 0.293 e. The van der Waals surface area contributed by atoms with E-state index in [-0.39, 0.29) is 29.3 Å². The number of hydrogen-bond acceptors (Lipinski definition) is 8. The molecule has 3 aromatic carbocycles. The Labute approximate surface area is 264 Å². The Morgan fingerprint density at radius 2 is 1.73 bits per heavy atom. The average molecular weight is 610 g/mol. The predicted molar refractivity (Wildman–Crippen MR) is 183 cm³/mol. The van der Waals surface area contributed by atoms with Crippen LogP contribution in [0.5, 0.6) is 0 Å². The minimum Gasteiger partial charge on any atom is -0.397 e. The van der Waals surface area contributed by atoms with Gasteiger partial charge in [0.25, 0.3) is 11.5 Å². The van der Waals surface area contributed by atoms with Gasteiger partial charge in [0, 0.05) is 68.5 Å². The van der Waals surface area contributed by atoms with Crippen LogP contribution >= 0.6 is 0 Å². The molecule has 1 aromatic heterocycles. The standard InChI is InChI=1S/C35H43N7O3/c1-23-27(7-6-8-29(23)39-33(44)24-9-11-25(12-10-24)35(2,3)4)30-22-40(5)34(45)32(38-30)37-26-13-14-31(28(36)21-26)42-17-15-41(16-18-42)19-20-43/h6-14,21-22,43H,15-20,36H2,1-5H3,(H,37,38)(H,39,44). The lowest BCUT2D eigenvalue weighted by molar-refractivity contribution is 0.102. The molecule has 2 heterocycles. The lowest BCUT2D eigenvalue weighted by Gasteiger charge is -2.36. The number of aryl methyl sites for hydroxylation is 1. The number of aliphatic hydroxyl groups excluding tert-OH is 1. The summed E-state index contributed by atoms with van der Waals surface area (Å²) in [6, 6.07) is 19.0. The highest BCUT2D eigenvalue weighted by Gasteiger charge is 2.20. The Morgan fingerprint density at radius 3 is 2.38 bits per heavy atom. The van der Waals surface area contributed by atoms with Gasteiger partial charge in [-0.2, -0.15) is 0 Å². The van der Waals surface area contributed by atoms with Gasteiger partial charge < -0.3 is 30.9 Å². The summed E-state index contributed by atoms with van der Waals surface area (Å²) in [5, 5.41) is 15.4. The van der Waals surface area contributed by atoms with Crippen LogP contribution in [0.25, 0.3) is 11.3 Å². The van der Waals surface area contributed by atoms with Crippen molar-refractivity contribution in [2.45, 2.75) is 33.1 Å². The number of aromatic nitrogens is 2. The van der Waals surface area contributed by atoms with Crippen molar-refractivity contribution in [1.82, 2.24) is 14.5 Å². The van der Waals surface area contributed by atoms with Crippen LogP contribution in [0.15, 0.2) is 71.7 Å². The number of carbonyl (C=O) groups excluding carboxylic acids is 1. The number of anilines is 5. The second kappa shape index (κ2) is 13.1. The second-order valence-corrected chi connectivity index (χ2v) is 12.6. The van der Waals surface area contributed by atoms with Crippen LogP contribution in [0.3, 0.4) is 0 Å². The van der Waals surface area contributed by atoms with Gasteiger partial charge >= 0.3 is 0 Å². The average Bonchev–Trinajstić information content (AvgIpc) is 3.01. The molecule has 1 aliphatic rings. The summed E-state index contributed by atoms with van der Waals surface area (Å²) >= 11 is 0. The van der Waals surface area contributed by atoms with Crippen molar-refractivity contribution >= 4 is 34.5 Å². The molecule has 0 bridgehead atoms. The third-order valence-corrected chi connectivity index (χ3v) is 8.36. The van der Waals surface area contributed by atoms with Crippen LogP contribution in [0.2, 0.25) is 0 Å². The largest absolute Gasteiger partial charge is 0.397 e. The van der Waals surface area contributed by atoms with Crippen molar-refractivity contribution in [1.29, 1.82) is 0 Å². The van der Waals surface area contributed by atoms with Gasteiger partial charge in [0.15, 0.2) is 5.82 Å². The first-order valence-electron chi connectivity index (χ1n) is 15.3. The number of carbonyl (C=O) groups is 1. The first kappa shape index (κ1) is 31.7. The van der Waals surface area contributed by atoms with E-state index < -0.39 is 0 Å². The fraction of sp³-hybridized carbons (Fsp3) is 0.343. The molecule has 0 spiro atoms. The molecule has 0 atom stereocenters. The van der Waals surface area contributed by atoms with E-state index >= 15 is 0 Å². The van der Waals surface area contributed by atoms with Crippen molar-refractivity contribution in [3.8, 4) is 11.3 Å². The third-order valence-electron chi connectivity index (χ3n) is 8.36. The van der Waals surface area contributed by atoms with Crippen molar-refractivity contribution in [2.24, 2.45) is 7.05 Å². The van der Waals surface area contributed by atoms with Crippen LogP contribution < -0.4 is 26.8 Å². The van der Waals surface area contributed by atoms with E-state index in [1.807, 2.05) is 67.6 Å². The molecule has 1 fully saturated rings. The molecule has 10 nitrogen and oxygen atoms in total. The number of piperazine rings is 1. The van der Waals surface area contributed by atoms with Gasteiger partial charge in [-0.25, -0.2) is 4.98 Å². The molecule has 0 radical (unpaired) electrons. The number of rotatable bonds is 8. The van der Waals surface area contributed by atoms with E-state index in [0.717, 1.165) is 48.6 Å². The van der Waals surface area contributed by atoms with Gasteiger partial charge in [0.05, 0.1) is 23.7 Å². The Morgan fingerprint density at radius 1 is 1.02 bits per heavy atom. The van der Waals surface area contributed by atoms with Crippen molar-refractivity contribution in [3.05, 3.63) is 93.9 Å². The number of amides is 1.